The molecule has 4 nitrogen and oxygen atoms in total. The quantitative estimate of drug-likeness (QED) is 0.569. The fourth-order valence-electron chi connectivity index (χ4n) is 1.07. The standard InChI is InChI=1S/C8H12O4/c1-6(9)11-4-8(2)3-7(10)12-5-8/h3-5H2,1-2H3. The van der Waals surface area contributed by atoms with Crippen LogP contribution in [0.3, 0.4) is 0 Å². The Morgan fingerprint density at radius 3 is 2.83 bits per heavy atom. The van der Waals surface area contributed by atoms with Crippen molar-refractivity contribution in [1.29, 1.82) is 0 Å². The minimum absolute atomic E-state index is 0.218. The lowest BCUT2D eigenvalue weighted by Gasteiger charge is -2.18. The first-order valence-electron chi connectivity index (χ1n) is 3.81. The third-order valence-corrected chi connectivity index (χ3v) is 1.78. The molecule has 1 saturated heterocycles. The molecule has 4 heteroatoms. The molecule has 1 rings (SSSR count). The predicted octanol–water partition coefficient (Wildman–Crippen LogP) is 0.503. The summed E-state index contributed by atoms with van der Waals surface area (Å²) in [5.41, 5.74) is -0.317. The van der Waals surface area contributed by atoms with Gasteiger partial charge in [0.15, 0.2) is 0 Å². The molecule has 1 unspecified atom stereocenters. The molecule has 0 spiro atoms. The van der Waals surface area contributed by atoms with E-state index in [1.54, 1.807) is 0 Å². The van der Waals surface area contributed by atoms with Gasteiger partial charge in [0.2, 0.25) is 0 Å². The van der Waals surface area contributed by atoms with E-state index in [0.29, 0.717) is 13.0 Å². The van der Waals surface area contributed by atoms with Gasteiger partial charge in [-0.2, -0.15) is 0 Å². The maximum Gasteiger partial charge on any atom is 0.306 e. The molecule has 0 aromatic rings. The zero-order valence-electron chi connectivity index (χ0n) is 7.25. The minimum Gasteiger partial charge on any atom is -0.465 e. The van der Waals surface area contributed by atoms with E-state index in [4.69, 9.17) is 9.47 Å². The number of carbonyl (C=O) groups is 2. The molecule has 0 saturated carbocycles. The summed E-state index contributed by atoms with van der Waals surface area (Å²) in [6.07, 6.45) is 0.334. The number of carbonyl (C=O) groups excluding carboxylic acids is 2. The summed E-state index contributed by atoms with van der Waals surface area (Å²) in [7, 11) is 0. The Morgan fingerprint density at radius 1 is 1.75 bits per heavy atom. The first kappa shape index (κ1) is 9.03. The fraction of sp³-hybridized carbons (Fsp3) is 0.750. The van der Waals surface area contributed by atoms with Crippen molar-refractivity contribution in [1.82, 2.24) is 0 Å². The van der Waals surface area contributed by atoms with Crippen LogP contribution in [-0.4, -0.2) is 25.2 Å². The second-order valence-corrected chi connectivity index (χ2v) is 3.43. The van der Waals surface area contributed by atoms with Gasteiger partial charge in [0.25, 0.3) is 0 Å². The molecule has 0 N–H and O–H groups in total. The molecular weight excluding hydrogens is 160 g/mol. The summed E-state index contributed by atoms with van der Waals surface area (Å²) in [6.45, 7) is 3.81. The van der Waals surface area contributed by atoms with E-state index in [1.165, 1.54) is 6.92 Å². The topological polar surface area (TPSA) is 52.6 Å². The highest BCUT2D eigenvalue weighted by Crippen LogP contribution is 2.28. The van der Waals surface area contributed by atoms with Crippen LogP contribution in [0.1, 0.15) is 20.3 Å². The van der Waals surface area contributed by atoms with Crippen molar-refractivity contribution in [3.8, 4) is 0 Å². The molecule has 0 radical (unpaired) electrons. The van der Waals surface area contributed by atoms with Gasteiger partial charge in [-0.15, -0.1) is 0 Å². The molecule has 12 heavy (non-hydrogen) atoms. The molecule has 0 amide bonds. The summed E-state index contributed by atoms with van der Waals surface area (Å²) >= 11 is 0. The van der Waals surface area contributed by atoms with Gasteiger partial charge < -0.3 is 9.47 Å². The Labute approximate surface area is 70.8 Å². The van der Waals surface area contributed by atoms with E-state index in [-0.39, 0.29) is 24.0 Å². The number of esters is 2. The smallest absolute Gasteiger partial charge is 0.306 e. The Balaban J connectivity index is 2.40. The second kappa shape index (κ2) is 3.13. The van der Waals surface area contributed by atoms with Crippen LogP contribution >= 0.6 is 0 Å². The van der Waals surface area contributed by atoms with Crippen LogP contribution in [0, 0.1) is 5.41 Å². The largest absolute Gasteiger partial charge is 0.465 e. The first-order valence-corrected chi connectivity index (χ1v) is 3.81. The molecule has 0 bridgehead atoms. The maximum atomic E-state index is 10.7. The molecule has 1 aliphatic rings. The Hall–Kier alpha value is -1.06. The Morgan fingerprint density at radius 2 is 2.42 bits per heavy atom. The van der Waals surface area contributed by atoms with Gasteiger partial charge >= 0.3 is 11.9 Å². The van der Waals surface area contributed by atoms with Crippen LogP contribution in [0.4, 0.5) is 0 Å². The highest BCUT2D eigenvalue weighted by Gasteiger charge is 2.37. The van der Waals surface area contributed by atoms with E-state index >= 15 is 0 Å². The van der Waals surface area contributed by atoms with Crippen molar-refractivity contribution in [3.63, 3.8) is 0 Å². The first-order chi connectivity index (χ1) is 5.52. The van der Waals surface area contributed by atoms with Crippen molar-refractivity contribution in [2.45, 2.75) is 20.3 Å². The number of rotatable bonds is 2. The minimum atomic E-state index is -0.324. The van der Waals surface area contributed by atoms with E-state index in [0.717, 1.165) is 0 Å². The molecule has 1 atom stereocenters. The van der Waals surface area contributed by atoms with Gasteiger partial charge in [0.05, 0.1) is 6.42 Å². The molecule has 1 aliphatic heterocycles. The van der Waals surface area contributed by atoms with Crippen molar-refractivity contribution < 1.29 is 19.1 Å². The van der Waals surface area contributed by atoms with Gasteiger partial charge in [-0.25, -0.2) is 0 Å². The van der Waals surface area contributed by atoms with Crippen molar-refractivity contribution in [2.24, 2.45) is 5.41 Å². The van der Waals surface area contributed by atoms with Crippen molar-refractivity contribution >= 4 is 11.9 Å². The van der Waals surface area contributed by atoms with Gasteiger partial charge in [-0.1, -0.05) is 6.92 Å². The zero-order valence-corrected chi connectivity index (χ0v) is 7.25. The number of cyclic esters (lactones) is 1. The number of hydrogen-bond acceptors (Lipinski definition) is 4. The summed E-state index contributed by atoms with van der Waals surface area (Å²) in [6, 6.07) is 0. The van der Waals surface area contributed by atoms with Crippen LogP contribution < -0.4 is 0 Å². The van der Waals surface area contributed by atoms with Gasteiger partial charge in [0, 0.05) is 12.3 Å². The monoisotopic (exact) mass is 172 g/mol. The van der Waals surface area contributed by atoms with Gasteiger partial charge in [0.1, 0.15) is 13.2 Å². The van der Waals surface area contributed by atoms with Crippen LogP contribution in [0.15, 0.2) is 0 Å². The van der Waals surface area contributed by atoms with E-state index in [1.807, 2.05) is 6.92 Å². The molecule has 68 valence electrons. The summed E-state index contributed by atoms with van der Waals surface area (Å²) in [4.78, 5) is 21.2. The van der Waals surface area contributed by atoms with Crippen molar-refractivity contribution in [2.75, 3.05) is 13.2 Å². The van der Waals surface area contributed by atoms with Crippen LogP contribution in [0.2, 0.25) is 0 Å². The predicted molar refractivity (Wildman–Crippen MR) is 40.3 cm³/mol. The van der Waals surface area contributed by atoms with Gasteiger partial charge in [-0.05, 0) is 0 Å². The highest BCUT2D eigenvalue weighted by molar-refractivity contribution is 5.72. The number of ether oxygens (including phenoxy) is 2. The number of hydrogen-bond donors (Lipinski definition) is 0. The van der Waals surface area contributed by atoms with E-state index < -0.39 is 0 Å². The zero-order chi connectivity index (χ0) is 9.19. The maximum absolute atomic E-state index is 10.7. The molecule has 0 aromatic carbocycles. The summed E-state index contributed by atoms with van der Waals surface area (Å²) < 4.78 is 9.58. The fourth-order valence-corrected chi connectivity index (χ4v) is 1.07. The second-order valence-electron chi connectivity index (χ2n) is 3.43. The average molecular weight is 172 g/mol. The highest BCUT2D eigenvalue weighted by atomic mass is 16.6. The van der Waals surface area contributed by atoms with Gasteiger partial charge in [-0.3, -0.25) is 9.59 Å². The third-order valence-electron chi connectivity index (χ3n) is 1.78. The molecule has 1 fully saturated rings. The van der Waals surface area contributed by atoms with E-state index in [9.17, 15) is 9.59 Å². The Kier molecular flexibility index (Phi) is 2.35. The summed E-state index contributed by atoms with van der Waals surface area (Å²) in [5.74, 6) is -0.541. The average Bonchev–Trinajstić information content (AvgIpc) is 2.29. The molecule has 0 aliphatic carbocycles. The van der Waals surface area contributed by atoms with Crippen LogP contribution in [0.25, 0.3) is 0 Å². The van der Waals surface area contributed by atoms with Crippen molar-refractivity contribution in [3.05, 3.63) is 0 Å². The molecule has 0 aromatic heterocycles. The summed E-state index contributed by atoms with van der Waals surface area (Å²) in [5, 5.41) is 0. The van der Waals surface area contributed by atoms with Crippen LogP contribution in [0.5, 0.6) is 0 Å². The Bertz CT molecular complexity index is 211. The van der Waals surface area contributed by atoms with E-state index in [2.05, 4.69) is 0 Å². The molecule has 1 heterocycles. The lowest BCUT2D eigenvalue weighted by Crippen LogP contribution is -2.24. The lowest BCUT2D eigenvalue weighted by atomic mass is 9.91. The SMILES string of the molecule is CC(=O)OCC1(C)COC(=O)C1. The normalized spacial score (nSPS) is 28.3. The molecular formula is C8H12O4. The van der Waals surface area contributed by atoms with Crippen LogP contribution in [-0.2, 0) is 19.1 Å². The lowest BCUT2D eigenvalue weighted by molar-refractivity contribution is -0.144. The third kappa shape index (κ3) is 2.22.